The summed E-state index contributed by atoms with van der Waals surface area (Å²) in [5.41, 5.74) is 2.16. The van der Waals surface area contributed by atoms with Gasteiger partial charge in [0.15, 0.2) is 0 Å². The van der Waals surface area contributed by atoms with E-state index in [4.69, 9.17) is 14.6 Å². The Morgan fingerprint density at radius 2 is 1.97 bits per heavy atom. The molecule has 0 saturated carbocycles. The first kappa shape index (κ1) is 18.6. The van der Waals surface area contributed by atoms with Crippen LogP contribution >= 0.6 is 0 Å². The summed E-state index contributed by atoms with van der Waals surface area (Å²) < 4.78 is 14.0. The molecule has 3 heterocycles. The Morgan fingerprint density at radius 3 is 2.77 bits per heavy atom. The summed E-state index contributed by atoms with van der Waals surface area (Å²) in [6, 6.07) is 16.2. The van der Waals surface area contributed by atoms with Crippen LogP contribution in [0.5, 0.6) is 11.6 Å². The number of aryl methyl sites for hydroxylation is 1. The molecular weight excluding hydrogens is 376 g/mol. The molecule has 1 aliphatic rings. The molecule has 5 rings (SSSR count). The monoisotopic (exact) mass is 400 g/mol. The number of hydrogen-bond acceptors (Lipinski definition) is 5. The number of benzene rings is 2. The first-order valence-electron chi connectivity index (χ1n) is 10.1. The van der Waals surface area contributed by atoms with Crippen molar-refractivity contribution in [2.24, 2.45) is 0 Å². The second kappa shape index (κ2) is 7.46. The molecule has 0 bridgehead atoms. The smallest absolute Gasteiger partial charge is 0.228 e. The summed E-state index contributed by atoms with van der Waals surface area (Å²) in [5, 5.41) is 11.1. The Hall–Kier alpha value is -3.38. The zero-order valence-corrected chi connectivity index (χ0v) is 17.1. The fourth-order valence-electron chi connectivity index (χ4n) is 4.18. The Bertz CT molecular complexity index is 1260. The van der Waals surface area contributed by atoms with Crippen LogP contribution in [0.1, 0.15) is 29.2 Å². The Labute approximate surface area is 174 Å². The van der Waals surface area contributed by atoms with Crippen molar-refractivity contribution in [2.45, 2.75) is 18.9 Å². The van der Waals surface area contributed by atoms with Crippen LogP contribution in [0.25, 0.3) is 10.8 Å². The highest BCUT2D eigenvalue weighted by Crippen LogP contribution is 2.47. The van der Waals surface area contributed by atoms with Crippen molar-refractivity contribution in [1.29, 1.82) is 5.41 Å². The molecule has 2 aromatic carbocycles. The minimum absolute atomic E-state index is 0.232. The van der Waals surface area contributed by atoms with Gasteiger partial charge in [-0.05, 0) is 44.6 Å². The zero-order valence-electron chi connectivity index (χ0n) is 17.1. The summed E-state index contributed by atoms with van der Waals surface area (Å²) >= 11 is 0. The van der Waals surface area contributed by atoms with Gasteiger partial charge < -0.3 is 18.6 Å². The van der Waals surface area contributed by atoms with Crippen LogP contribution in [0.15, 0.2) is 65.5 Å². The van der Waals surface area contributed by atoms with E-state index in [1.54, 1.807) is 12.6 Å². The number of ether oxygens (including phenoxy) is 1. The van der Waals surface area contributed by atoms with Gasteiger partial charge in [0.05, 0.1) is 17.7 Å². The van der Waals surface area contributed by atoms with E-state index >= 15 is 0 Å². The van der Waals surface area contributed by atoms with Crippen LogP contribution < -0.4 is 10.2 Å². The third-order valence-corrected chi connectivity index (χ3v) is 5.63. The van der Waals surface area contributed by atoms with Gasteiger partial charge in [-0.25, -0.2) is 4.98 Å². The molecule has 0 unspecified atom stereocenters. The zero-order chi connectivity index (χ0) is 20.7. The molecule has 4 aromatic rings. The number of aromatic nitrogens is 2. The van der Waals surface area contributed by atoms with Gasteiger partial charge in [-0.2, -0.15) is 0 Å². The van der Waals surface area contributed by atoms with Crippen molar-refractivity contribution in [1.82, 2.24) is 14.5 Å². The molecule has 0 spiro atoms. The molecule has 1 aliphatic heterocycles. The summed E-state index contributed by atoms with van der Waals surface area (Å²) in [4.78, 5) is 6.75. The van der Waals surface area contributed by atoms with E-state index in [1.807, 2.05) is 28.8 Å². The number of nitrogens with zero attached hydrogens (tertiary/aromatic N) is 3. The van der Waals surface area contributed by atoms with Gasteiger partial charge in [0, 0.05) is 17.5 Å². The molecule has 0 amide bonds. The normalized spacial score (nSPS) is 15.1. The highest BCUT2D eigenvalue weighted by Gasteiger charge is 2.34. The van der Waals surface area contributed by atoms with Crippen molar-refractivity contribution in [3.05, 3.63) is 83.5 Å². The average molecular weight is 400 g/mol. The third kappa shape index (κ3) is 3.09. The molecule has 1 atom stereocenters. The minimum Gasteiger partial charge on any atom is -0.468 e. The molecule has 6 nitrogen and oxygen atoms in total. The van der Waals surface area contributed by atoms with Crippen LogP contribution in [0.3, 0.4) is 0 Å². The van der Waals surface area contributed by atoms with Gasteiger partial charge in [-0.1, -0.05) is 36.4 Å². The second-order valence-electron chi connectivity index (χ2n) is 7.92. The van der Waals surface area contributed by atoms with Crippen LogP contribution in [-0.4, -0.2) is 35.1 Å². The van der Waals surface area contributed by atoms with E-state index < -0.39 is 0 Å². The number of fused-ring (bicyclic) bond motifs is 4. The average Bonchev–Trinajstić information content (AvgIpc) is 3.28. The molecule has 0 saturated heterocycles. The van der Waals surface area contributed by atoms with E-state index in [9.17, 15) is 0 Å². The highest BCUT2D eigenvalue weighted by atomic mass is 16.5. The molecule has 1 N–H and O–H groups in total. The van der Waals surface area contributed by atoms with Gasteiger partial charge >= 0.3 is 0 Å². The maximum absolute atomic E-state index is 8.94. The maximum atomic E-state index is 8.94. The summed E-state index contributed by atoms with van der Waals surface area (Å²) in [7, 11) is 4.11. The maximum Gasteiger partial charge on any atom is 0.228 e. The van der Waals surface area contributed by atoms with Crippen molar-refractivity contribution >= 4 is 10.8 Å². The van der Waals surface area contributed by atoms with Gasteiger partial charge in [-0.15, -0.1) is 0 Å². The largest absolute Gasteiger partial charge is 0.468 e. The Kier molecular flexibility index (Phi) is 4.64. The number of rotatable bonds is 5. The fourth-order valence-corrected chi connectivity index (χ4v) is 4.18. The quantitative estimate of drug-likeness (QED) is 0.476. The van der Waals surface area contributed by atoms with E-state index in [0.29, 0.717) is 11.4 Å². The van der Waals surface area contributed by atoms with E-state index in [2.05, 4.69) is 48.2 Å². The lowest BCUT2D eigenvalue weighted by atomic mass is 9.86. The van der Waals surface area contributed by atoms with Gasteiger partial charge in [0.2, 0.25) is 5.88 Å². The number of hydrogen-bond donors (Lipinski definition) is 1. The van der Waals surface area contributed by atoms with Crippen molar-refractivity contribution in [3.8, 4) is 11.6 Å². The summed E-state index contributed by atoms with van der Waals surface area (Å²) in [6.07, 6.45) is 4.33. The second-order valence-corrected chi connectivity index (χ2v) is 7.92. The molecular formula is C24H24N4O2. The molecule has 152 valence electrons. The molecule has 2 aromatic heterocycles. The van der Waals surface area contributed by atoms with E-state index in [-0.39, 0.29) is 5.92 Å². The van der Waals surface area contributed by atoms with Crippen LogP contribution in [0.4, 0.5) is 0 Å². The first-order chi connectivity index (χ1) is 14.6. The fraction of sp³-hybridized carbons (Fsp3) is 0.250. The van der Waals surface area contributed by atoms with E-state index in [0.717, 1.165) is 52.9 Å². The lowest BCUT2D eigenvalue weighted by Gasteiger charge is -2.28. The lowest BCUT2D eigenvalue weighted by molar-refractivity contribution is 0.377. The SMILES string of the molecule is CN(C)CCCn1cnc2c(c1=N)[C@@H](c1ccco1)c1ccc3ccccc3c1O2. The summed E-state index contributed by atoms with van der Waals surface area (Å²) in [5.74, 6) is 1.83. The number of nitrogens with one attached hydrogen (secondary N) is 1. The Morgan fingerprint density at radius 1 is 1.10 bits per heavy atom. The molecule has 0 aliphatic carbocycles. The highest BCUT2D eigenvalue weighted by molar-refractivity contribution is 5.91. The minimum atomic E-state index is -0.232. The van der Waals surface area contributed by atoms with Crippen LogP contribution in [0, 0.1) is 5.41 Å². The first-order valence-corrected chi connectivity index (χ1v) is 10.1. The van der Waals surface area contributed by atoms with Crippen molar-refractivity contribution in [3.63, 3.8) is 0 Å². The van der Waals surface area contributed by atoms with Crippen LogP contribution in [-0.2, 0) is 6.54 Å². The van der Waals surface area contributed by atoms with Gasteiger partial charge in [0.1, 0.15) is 23.3 Å². The molecule has 0 radical (unpaired) electrons. The molecule has 0 fully saturated rings. The number of furan rings is 1. The summed E-state index contributed by atoms with van der Waals surface area (Å²) in [6.45, 7) is 1.68. The topological polar surface area (TPSA) is 67.3 Å². The molecule has 30 heavy (non-hydrogen) atoms. The van der Waals surface area contributed by atoms with Gasteiger partial charge in [-0.3, -0.25) is 5.41 Å². The van der Waals surface area contributed by atoms with Gasteiger partial charge in [0.25, 0.3) is 0 Å². The third-order valence-electron chi connectivity index (χ3n) is 5.63. The predicted molar refractivity (Wildman–Crippen MR) is 115 cm³/mol. The van der Waals surface area contributed by atoms with Crippen LogP contribution in [0.2, 0.25) is 0 Å². The standard InChI is InChI=1S/C24H24N4O2/c1-27(2)12-6-13-28-15-26-24-21(23(28)25)20(19-9-5-14-29-19)18-11-10-16-7-3-4-8-17(16)22(18)30-24/h3-5,7-11,14-15,20,25H,6,12-13H2,1-2H3/t20-/m1/s1. The molecule has 6 heteroatoms. The Balaban J connectivity index is 1.67. The van der Waals surface area contributed by atoms with Crippen molar-refractivity contribution in [2.75, 3.05) is 20.6 Å². The predicted octanol–water partition coefficient (Wildman–Crippen LogP) is 4.35. The lowest BCUT2D eigenvalue weighted by Crippen LogP contribution is -2.30. The van der Waals surface area contributed by atoms with Crippen molar-refractivity contribution < 1.29 is 9.15 Å². The van der Waals surface area contributed by atoms with E-state index in [1.165, 1.54) is 0 Å².